The zero-order valence-electron chi connectivity index (χ0n) is 11.5. The summed E-state index contributed by atoms with van der Waals surface area (Å²) in [6.07, 6.45) is 2.31. The van der Waals surface area contributed by atoms with Crippen LogP contribution in [0.15, 0.2) is 18.3 Å². The minimum Gasteiger partial charge on any atom is -0.378 e. The van der Waals surface area contributed by atoms with Crippen molar-refractivity contribution in [1.29, 1.82) is 0 Å². The quantitative estimate of drug-likeness (QED) is 0.836. The monoisotopic (exact) mass is 276 g/mol. The van der Waals surface area contributed by atoms with E-state index in [0.717, 1.165) is 50.9 Å². The van der Waals surface area contributed by atoms with Gasteiger partial charge in [-0.25, -0.2) is 4.98 Å². The summed E-state index contributed by atoms with van der Waals surface area (Å²) in [4.78, 5) is 18.4. The van der Waals surface area contributed by atoms with Gasteiger partial charge in [0.2, 0.25) is 5.91 Å². The van der Waals surface area contributed by atoms with Crippen LogP contribution in [0.5, 0.6) is 0 Å². The number of nitrogens with zero attached hydrogens (tertiary/aromatic N) is 2. The predicted molar refractivity (Wildman–Crippen MR) is 76.9 cm³/mol. The minimum absolute atomic E-state index is 0.0671. The SMILES string of the molecule is O=C(CC1CNC1)Nc1ccc(N2CCOCC2)nc1. The Morgan fingerprint density at radius 2 is 2.20 bits per heavy atom. The Balaban J connectivity index is 1.53. The Morgan fingerprint density at radius 1 is 1.40 bits per heavy atom. The van der Waals surface area contributed by atoms with E-state index in [-0.39, 0.29) is 5.91 Å². The van der Waals surface area contributed by atoms with Gasteiger partial charge in [0.05, 0.1) is 25.1 Å². The molecule has 0 radical (unpaired) electrons. The molecule has 1 amide bonds. The lowest BCUT2D eigenvalue weighted by molar-refractivity contribution is -0.117. The van der Waals surface area contributed by atoms with Gasteiger partial charge in [-0.1, -0.05) is 0 Å². The van der Waals surface area contributed by atoms with Crippen LogP contribution >= 0.6 is 0 Å². The highest BCUT2D eigenvalue weighted by atomic mass is 16.5. The molecule has 1 aromatic heterocycles. The summed E-state index contributed by atoms with van der Waals surface area (Å²) in [5, 5.41) is 6.06. The first-order valence-electron chi connectivity index (χ1n) is 7.10. The molecule has 108 valence electrons. The van der Waals surface area contributed by atoms with Crippen LogP contribution in [0.25, 0.3) is 0 Å². The molecule has 0 aliphatic carbocycles. The van der Waals surface area contributed by atoms with Gasteiger partial charge in [-0.15, -0.1) is 0 Å². The largest absolute Gasteiger partial charge is 0.378 e. The number of nitrogens with one attached hydrogen (secondary N) is 2. The Kier molecular flexibility index (Phi) is 4.13. The van der Waals surface area contributed by atoms with Crippen molar-refractivity contribution in [3.05, 3.63) is 18.3 Å². The molecule has 0 unspecified atom stereocenters. The molecule has 2 aliphatic rings. The van der Waals surface area contributed by atoms with Crippen LogP contribution in [0.2, 0.25) is 0 Å². The number of pyridine rings is 1. The summed E-state index contributed by atoms with van der Waals surface area (Å²) in [7, 11) is 0. The van der Waals surface area contributed by atoms with E-state index in [1.165, 1.54) is 0 Å². The molecule has 0 atom stereocenters. The van der Waals surface area contributed by atoms with Gasteiger partial charge in [-0.3, -0.25) is 4.79 Å². The van der Waals surface area contributed by atoms with E-state index in [9.17, 15) is 4.79 Å². The lowest BCUT2D eigenvalue weighted by Gasteiger charge is -2.28. The Hall–Kier alpha value is -1.66. The van der Waals surface area contributed by atoms with E-state index in [2.05, 4.69) is 20.5 Å². The van der Waals surface area contributed by atoms with Crippen molar-refractivity contribution in [3.8, 4) is 0 Å². The maximum Gasteiger partial charge on any atom is 0.224 e. The summed E-state index contributed by atoms with van der Waals surface area (Å²) >= 11 is 0. The number of hydrogen-bond donors (Lipinski definition) is 2. The number of rotatable bonds is 4. The molecule has 2 aliphatic heterocycles. The van der Waals surface area contributed by atoms with Crippen molar-refractivity contribution < 1.29 is 9.53 Å². The molecule has 3 heterocycles. The molecular weight excluding hydrogens is 256 g/mol. The van der Waals surface area contributed by atoms with Crippen molar-refractivity contribution in [1.82, 2.24) is 10.3 Å². The number of morpholine rings is 1. The molecule has 2 saturated heterocycles. The fourth-order valence-electron chi connectivity index (χ4n) is 2.41. The third kappa shape index (κ3) is 3.26. The molecule has 0 aromatic carbocycles. The van der Waals surface area contributed by atoms with Gasteiger partial charge in [0.25, 0.3) is 0 Å². The third-order valence-corrected chi connectivity index (χ3v) is 3.71. The number of anilines is 2. The van der Waals surface area contributed by atoms with Crippen LogP contribution in [-0.4, -0.2) is 50.3 Å². The average molecular weight is 276 g/mol. The van der Waals surface area contributed by atoms with Gasteiger partial charge >= 0.3 is 0 Å². The molecule has 0 spiro atoms. The van der Waals surface area contributed by atoms with Crippen LogP contribution in [-0.2, 0) is 9.53 Å². The molecule has 2 N–H and O–H groups in total. The molecule has 0 bridgehead atoms. The van der Waals surface area contributed by atoms with Crippen molar-refractivity contribution >= 4 is 17.4 Å². The van der Waals surface area contributed by atoms with Gasteiger partial charge in [-0.2, -0.15) is 0 Å². The highest BCUT2D eigenvalue weighted by molar-refractivity contribution is 5.90. The second-order valence-electron chi connectivity index (χ2n) is 5.28. The van der Waals surface area contributed by atoms with E-state index in [0.29, 0.717) is 12.3 Å². The number of carbonyl (C=O) groups excluding carboxylic acids is 1. The first-order valence-corrected chi connectivity index (χ1v) is 7.10. The summed E-state index contributed by atoms with van der Waals surface area (Å²) in [6.45, 7) is 5.12. The fraction of sp³-hybridized carbons (Fsp3) is 0.571. The van der Waals surface area contributed by atoms with E-state index in [1.807, 2.05) is 12.1 Å². The maximum absolute atomic E-state index is 11.8. The zero-order chi connectivity index (χ0) is 13.8. The summed E-state index contributed by atoms with van der Waals surface area (Å²) in [5.74, 6) is 1.49. The standard InChI is InChI=1S/C14H20N4O2/c19-14(7-11-8-15-9-11)17-12-1-2-13(16-10-12)18-3-5-20-6-4-18/h1-2,10-11,15H,3-9H2,(H,17,19). The van der Waals surface area contributed by atoms with E-state index < -0.39 is 0 Å². The predicted octanol–water partition coefficient (Wildman–Crippen LogP) is 0.466. The lowest BCUT2D eigenvalue weighted by atomic mass is 9.99. The second kappa shape index (κ2) is 6.19. The minimum atomic E-state index is 0.0671. The van der Waals surface area contributed by atoms with E-state index in [1.54, 1.807) is 6.20 Å². The van der Waals surface area contributed by atoms with Crippen molar-refractivity contribution in [2.75, 3.05) is 49.6 Å². The Labute approximate surface area is 118 Å². The molecule has 2 fully saturated rings. The van der Waals surface area contributed by atoms with Gasteiger partial charge in [0.1, 0.15) is 5.82 Å². The Morgan fingerprint density at radius 3 is 2.80 bits per heavy atom. The summed E-state index contributed by atoms with van der Waals surface area (Å²) < 4.78 is 5.32. The highest BCUT2D eigenvalue weighted by Gasteiger charge is 2.20. The van der Waals surface area contributed by atoms with Crippen molar-refractivity contribution in [3.63, 3.8) is 0 Å². The van der Waals surface area contributed by atoms with Gasteiger partial charge in [-0.05, 0) is 31.1 Å². The first-order chi connectivity index (χ1) is 9.81. The molecule has 1 aromatic rings. The molecular formula is C14H20N4O2. The Bertz CT molecular complexity index is 453. The molecule has 6 nitrogen and oxygen atoms in total. The van der Waals surface area contributed by atoms with Crippen LogP contribution in [0.1, 0.15) is 6.42 Å². The normalized spacial score (nSPS) is 19.5. The van der Waals surface area contributed by atoms with Gasteiger partial charge in [0, 0.05) is 19.5 Å². The topological polar surface area (TPSA) is 66.5 Å². The second-order valence-corrected chi connectivity index (χ2v) is 5.28. The number of amides is 1. The van der Waals surface area contributed by atoms with Crippen molar-refractivity contribution in [2.24, 2.45) is 5.92 Å². The van der Waals surface area contributed by atoms with Crippen LogP contribution in [0.4, 0.5) is 11.5 Å². The lowest BCUT2D eigenvalue weighted by Crippen LogP contribution is -2.43. The van der Waals surface area contributed by atoms with Crippen LogP contribution < -0.4 is 15.5 Å². The molecule has 3 rings (SSSR count). The average Bonchev–Trinajstić information content (AvgIpc) is 2.45. The van der Waals surface area contributed by atoms with Crippen LogP contribution in [0, 0.1) is 5.92 Å². The summed E-state index contributed by atoms with van der Waals surface area (Å²) in [5.41, 5.74) is 0.763. The van der Waals surface area contributed by atoms with Gasteiger partial charge in [0.15, 0.2) is 0 Å². The number of aromatic nitrogens is 1. The van der Waals surface area contributed by atoms with Crippen LogP contribution in [0.3, 0.4) is 0 Å². The number of ether oxygens (including phenoxy) is 1. The molecule has 6 heteroatoms. The first kappa shape index (κ1) is 13.3. The number of carbonyl (C=O) groups is 1. The number of hydrogen-bond acceptors (Lipinski definition) is 5. The van der Waals surface area contributed by atoms with Crippen molar-refractivity contribution in [2.45, 2.75) is 6.42 Å². The third-order valence-electron chi connectivity index (χ3n) is 3.71. The van der Waals surface area contributed by atoms with E-state index >= 15 is 0 Å². The molecule has 20 heavy (non-hydrogen) atoms. The smallest absolute Gasteiger partial charge is 0.224 e. The summed E-state index contributed by atoms with van der Waals surface area (Å²) in [6, 6.07) is 3.86. The zero-order valence-corrected chi connectivity index (χ0v) is 11.5. The van der Waals surface area contributed by atoms with Gasteiger partial charge < -0.3 is 20.3 Å². The van der Waals surface area contributed by atoms with E-state index in [4.69, 9.17) is 4.74 Å². The highest BCUT2D eigenvalue weighted by Crippen LogP contribution is 2.16. The fourth-order valence-corrected chi connectivity index (χ4v) is 2.41. The molecule has 0 saturated carbocycles. The maximum atomic E-state index is 11.8.